The molecule has 2 fully saturated rings. The van der Waals surface area contributed by atoms with Crippen LogP contribution in [-0.4, -0.2) is 75.9 Å². The van der Waals surface area contributed by atoms with Crippen LogP contribution in [0.1, 0.15) is 41.5 Å². The van der Waals surface area contributed by atoms with Crippen LogP contribution in [-0.2, 0) is 16.1 Å². The summed E-state index contributed by atoms with van der Waals surface area (Å²) >= 11 is 0. The standard InChI is InChI=1S/C18H27N5O3/c1-12-17(14(3)24)13(2)23(20-12)11-16(25)22-9-6-19-10-15(22)18(26)21-7-4-5-8-21/h15,19H,4-11H2,1-3H3/t15-/m0/s1. The van der Waals surface area contributed by atoms with Crippen molar-refractivity contribution in [2.75, 3.05) is 32.7 Å². The molecule has 1 N–H and O–H groups in total. The highest BCUT2D eigenvalue weighted by Gasteiger charge is 2.35. The summed E-state index contributed by atoms with van der Waals surface area (Å²) in [6.07, 6.45) is 2.05. The first kappa shape index (κ1) is 18.6. The maximum absolute atomic E-state index is 12.9. The van der Waals surface area contributed by atoms with Gasteiger partial charge in [-0.3, -0.25) is 19.1 Å². The number of hydrogen-bond donors (Lipinski definition) is 1. The van der Waals surface area contributed by atoms with Crippen molar-refractivity contribution in [2.45, 2.75) is 46.2 Å². The predicted molar refractivity (Wildman–Crippen MR) is 95.9 cm³/mol. The number of amides is 2. The molecule has 0 bridgehead atoms. The molecule has 2 aliphatic rings. The Balaban J connectivity index is 1.76. The lowest BCUT2D eigenvalue weighted by atomic mass is 10.1. The van der Waals surface area contributed by atoms with Crippen LogP contribution in [0.15, 0.2) is 0 Å². The van der Waals surface area contributed by atoms with E-state index < -0.39 is 6.04 Å². The summed E-state index contributed by atoms with van der Waals surface area (Å²) in [5.41, 5.74) is 1.90. The van der Waals surface area contributed by atoms with Crippen molar-refractivity contribution in [1.29, 1.82) is 0 Å². The topological polar surface area (TPSA) is 87.5 Å². The molecule has 3 rings (SSSR count). The van der Waals surface area contributed by atoms with Crippen LogP contribution in [0.4, 0.5) is 0 Å². The van der Waals surface area contributed by atoms with Crippen molar-refractivity contribution in [3.8, 4) is 0 Å². The number of carbonyl (C=O) groups excluding carboxylic acids is 3. The van der Waals surface area contributed by atoms with E-state index in [-0.39, 0.29) is 24.1 Å². The molecule has 0 saturated carbocycles. The van der Waals surface area contributed by atoms with Crippen LogP contribution < -0.4 is 5.32 Å². The quantitative estimate of drug-likeness (QED) is 0.770. The maximum atomic E-state index is 12.9. The highest BCUT2D eigenvalue weighted by molar-refractivity contribution is 5.96. The fourth-order valence-corrected chi connectivity index (χ4v) is 3.95. The Morgan fingerprint density at radius 2 is 1.85 bits per heavy atom. The van der Waals surface area contributed by atoms with Gasteiger partial charge in [0.05, 0.1) is 11.3 Å². The highest BCUT2D eigenvalue weighted by atomic mass is 16.2. The molecule has 0 aromatic carbocycles. The number of nitrogens with zero attached hydrogens (tertiary/aromatic N) is 4. The number of aryl methyl sites for hydroxylation is 1. The van der Waals surface area contributed by atoms with Crippen LogP contribution in [0.2, 0.25) is 0 Å². The van der Waals surface area contributed by atoms with Crippen molar-refractivity contribution in [1.82, 2.24) is 24.9 Å². The molecule has 1 aromatic rings. The van der Waals surface area contributed by atoms with E-state index in [1.807, 2.05) is 4.90 Å². The van der Waals surface area contributed by atoms with Crippen LogP contribution in [0, 0.1) is 13.8 Å². The molecule has 2 saturated heterocycles. The Morgan fingerprint density at radius 3 is 2.46 bits per heavy atom. The Hall–Kier alpha value is -2.22. The molecule has 0 aliphatic carbocycles. The summed E-state index contributed by atoms with van der Waals surface area (Å²) < 4.78 is 1.58. The molecule has 26 heavy (non-hydrogen) atoms. The number of Topliss-reactive ketones (excluding diaryl/α,β-unsaturated/α-hetero) is 1. The molecule has 2 amide bonds. The van der Waals surface area contributed by atoms with E-state index in [1.165, 1.54) is 6.92 Å². The number of piperazine rings is 1. The summed E-state index contributed by atoms with van der Waals surface area (Å²) in [6, 6.07) is -0.460. The molecule has 2 aliphatic heterocycles. The average Bonchev–Trinajstić information content (AvgIpc) is 3.23. The lowest BCUT2D eigenvalue weighted by Crippen LogP contribution is -2.60. The third kappa shape index (κ3) is 3.51. The van der Waals surface area contributed by atoms with Crippen molar-refractivity contribution in [2.24, 2.45) is 0 Å². The molecule has 0 spiro atoms. The van der Waals surface area contributed by atoms with Crippen molar-refractivity contribution < 1.29 is 14.4 Å². The summed E-state index contributed by atoms with van der Waals surface area (Å²) in [6.45, 7) is 8.33. The zero-order valence-corrected chi connectivity index (χ0v) is 15.7. The number of hydrogen-bond acceptors (Lipinski definition) is 5. The molecule has 0 radical (unpaired) electrons. The first-order valence-corrected chi connectivity index (χ1v) is 9.24. The van der Waals surface area contributed by atoms with Gasteiger partial charge in [0.15, 0.2) is 5.78 Å². The summed E-state index contributed by atoms with van der Waals surface area (Å²) in [4.78, 5) is 41.0. The largest absolute Gasteiger partial charge is 0.341 e. The Bertz CT molecular complexity index is 721. The van der Waals surface area contributed by atoms with E-state index in [4.69, 9.17) is 0 Å². The summed E-state index contributed by atoms with van der Waals surface area (Å²) in [5, 5.41) is 7.57. The third-order valence-electron chi connectivity index (χ3n) is 5.29. The van der Waals surface area contributed by atoms with Gasteiger partial charge in [-0.2, -0.15) is 5.10 Å². The van der Waals surface area contributed by atoms with Crippen molar-refractivity contribution >= 4 is 17.6 Å². The molecule has 8 nitrogen and oxygen atoms in total. The van der Waals surface area contributed by atoms with Gasteiger partial charge in [-0.05, 0) is 33.6 Å². The second-order valence-electron chi connectivity index (χ2n) is 7.10. The van der Waals surface area contributed by atoms with Crippen molar-refractivity contribution in [3.05, 3.63) is 17.0 Å². The van der Waals surface area contributed by atoms with Gasteiger partial charge < -0.3 is 15.1 Å². The second-order valence-corrected chi connectivity index (χ2v) is 7.10. The minimum absolute atomic E-state index is 0.0286. The molecule has 142 valence electrons. The molecule has 1 atom stereocenters. The second kappa shape index (κ2) is 7.57. The number of ketones is 1. The van der Waals surface area contributed by atoms with E-state index in [0.29, 0.717) is 36.6 Å². The fourth-order valence-electron chi connectivity index (χ4n) is 3.95. The first-order chi connectivity index (χ1) is 12.4. The van der Waals surface area contributed by atoms with Crippen LogP contribution in [0.5, 0.6) is 0 Å². The number of aromatic nitrogens is 2. The highest BCUT2D eigenvalue weighted by Crippen LogP contribution is 2.16. The van der Waals surface area contributed by atoms with Crippen LogP contribution in [0.3, 0.4) is 0 Å². The molecule has 0 unspecified atom stereocenters. The van der Waals surface area contributed by atoms with Crippen LogP contribution in [0.25, 0.3) is 0 Å². The minimum Gasteiger partial charge on any atom is -0.341 e. The van der Waals surface area contributed by atoms with Gasteiger partial charge in [-0.25, -0.2) is 0 Å². The fraction of sp³-hybridized carbons (Fsp3) is 0.667. The monoisotopic (exact) mass is 361 g/mol. The van der Waals surface area contributed by atoms with Gasteiger partial charge >= 0.3 is 0 Å². The van der Waals surface area contributed by atoms with Crippen LogP contribution >= 0.6 is 0 Å². The zero-order chi connectivity index (χ0) is 18.8. The van der Waals surface area contributed by atoms with Crippen molar-refractivity contribution in [3.63, 3.8) is 0 Å². The maximum Gasteiger partial charge on any atom is 0.246 e. The van der Waals surface area contributed by atoms with Gasteiger partial charge in [0, 0.05) is 38.4 Å². The van der Waals surface area contributed by atoms with Gasteiger partial charge in [0.25, 0.3) is 0 Å². The molecule has 1 aromatic heterocycles. The van der Waals surface area contributed by atoms with E-state index in [9.17, 15) is 14.4 Å². The zero-order valence-electron chi connectivity index (χ0n) is 15.7. The first-order valence-electron chi connectivity index (χ1n) is 9.24. The number of nitrogens with one attached hydrogen (secondary N) is 1. The lowest BCUT2D eigenvalue weighted by molar-refractivity contribution is -0.146. The lowest BCUT2D eigenvalue weighted by Gasteiger charge is -2.37. The molecular weight excluding hydrogens is 334 g/mol. The van der Waals surface area contributed by atoms with Gasteiger partial charge in [0.1, 0.15) is 12.6 Å². The van der Waals surface area contributed by atoms with Gasteiger partial charge in [0.2, 0.25) is 11.8 Å². The van der Waals surface area contributed by atoms with E-state index in [1.54, 1.807) is 23.4 Å². The summed E-state index contributed by atoms with van der Waals surface area (Å²) in [7, 11) is 0. The van der Waals surface area contributed by atoms with E-state index in [0.717, 1.165) is 25.9 Å². The van der Waals surface area contributed by atoms with Gasteiger partial charge in [-0.15, -0.1) is 0 Å². The van der Waals surface area contributed by atoms with E-state index in [2.05, 4.69) is 10.4 Å². The predicted octanol–water partition coefficient (Wildman–Crippen LogP) is 0.125. The minimum atomic E-state index is -0.460. The number of rotatable bonds is 4. The third-order valence-corrected chi connectivity index (χ3v) is 5.29. The number of likely N-dealkylation sites (tertiary alicyclic amines) is 1. The summed E-state index contributed by atoms with van der Waals surface area (Å²) in [5.74, 6) is -0.159. The molecule has 3 heterocycles. The Labute approximate surface area is 153 Å². The normalized spacial score (nSPS) is 20.5. The Morgan fingerprint density at radius 1 is 1.15 bits per heavy atom. The Kier molecular flexibility index (Phi) is 5.41. The number of carbonyl (C=O) groups is 3. The smallest absolute Gasteiger partial charge is 0.246 e. The SMILES string of the molecule is CC(=O)c1c(C)nn(CC(=O)N2CCNC[C@H]2C(=O)N2CCCC2)c1C. The van der Waals surface area contributed by atoms with Gasteiger partial charge in [-0.1, -0.05) is 0 Å². The average molecular weight is 361 g/mol. The van der Waals surface area contributed by atoms with E-state index >= 15 is 0 Å². The molecular formula is C18H27N5O3. The molecule has 8 heteroatoms.